The molecule has 0 aromatic heterocycles. The molecular formula is C18H23NO2. The average molecular weight is 285 g/mol. The predicted molar refractivity (Wildman–Crippen MR) is 85.3 cm³/mol. The smallest absolute Gasteiger partial charge is 0.122 e. The molecule has 2 aromatic rings. The number of aliphatic hydroxyl groups excluding tert-OH is 1. The van der Waals surface area contributed by atoms with Gasteiger partial charge in [-0.2, -0.15) is 0 Å². The molecule has 2 unspecified atom stereocenters. The van der Waals surface area contributed by atoms with Crippen LogP contribution < -0.4 is 5.32 Å². The van der Waals surface area contributed by atoms with Crippen LogP contribution in [0.15, 0.2) is 48.5 Å². The minimum atomic E-state index is -0.459. The SMILES string of the molecule is Cc1cccc(CNC(C)C(O)Cc2ccccc2)c1O. The Labute approximate surface area is 126 Å². The van der Waals surface area contributed by atoms with Crippen LogP contribution in [0.1, 0.15) is 23.6 Å². The fourth-order valence-electron chi connectivity index (χ4n) is 2.30. The molecule has 0 aliphatic carbocycles. The van der Waals surface area contributed by atoms with E-state index in [2.05, 4.69) is 5.32 Å². The molecule has 21 heavy (non-hydrogen) atoms. The second-order valence-corrected chi connectivity index (χ2v) is 5.51. The fraction of sp³-hybridized carbons (Fsp3) is 0.333. The summed E-state index contributed by atoms with van der Waals surface area (Å²) in [7, 11) is 0. The Balaban J connectivity index is 1.89. The lowest BCUT2D eigenvalue weighted by Gasteiger charge is -2.21. The third-order valence-electron chi connectivity index (χ3n) is 3.80. The lowest BCUT2D eigenvalue weighted by Crippen LogP contribution is -2.38. The third-order valence-corrected chi connectivity index (χ3v) is 3.80. The van der Waals surface area contributed by atoms with Gasteiger partial charge in [0, 0.05) is 18.2 Å². The van der Waals surface area contributed by atoms with Gasteiger partial charge in [-0.1, -0.05) is 48.5 Å². The van der Waals surface area contributed by atoms with Gasteiger partial charge in [0.1, 0.15) is 5.75 Å². The maximum absolute atomic E-state index is 10.2. The van der Waals surface area contributed by atoms with Crippen LogP contribution in [0.4, 0.5) is 0 Å². The van der Waals surface area contributed by atoms with Gasteiger partial charge in [-0.05, 0) is 31.4 Å². The van der Waals surface area contributed by atoms with Crippen molar-refractivity contribution in [2.24, 2.45) is 0 Å². The van der Waals surface area contributed by atoms with Crippen molar-refractivity contribution in [3.8, 4) is 5.75 Å². The number of para-hydroxylation sites is 1. The molecule has 0 bridgehead atoms. The highest BCUT2D eigenvalue weighted by Gasteiger charge is 2.15. The van der Waals surface area contributed by atoms with Gasteiger partial charge in [0.05, 0.1) is 6.10 Å². The summed E-state index contributed by atoms with van der Waals surface area (Å²) >= 11 is 0. The minimum Gasteiger partial charge on any atom is -0.507 e. The summed E-state index contributed by atoms with van der Waals surface area (Å²) in [6, 6.07) is 15.6. The predicted octanol–water partition coefficient (Wildman–Crippen LogP) is 2.78. The Morgan fingerprint density at radius 1 is 1.05 bits per heavy atom. The van der Waals surface area contributed by atoms with Crippen molar-refractivity contribution >= 4 is 0 Å². The average Bonchev–Trinajstić information content (AvgIpc) is 2.49. The van der Waals surface area contributed by atoms with Crippen LogP contribution in [0.25, 0.3) is 0 Å². The highest BCUT2D eigenvalue weighted by molar-refractivity contribution is 5.39. The van der Waals surface area contributed by atoms with E-state index in [1.54, 1.807) is 0 Å². The number of aromatic hydroxyl groups is 1. The van der Waals surface area contributed by atoms with Crippen LogP contribution in [0, 0.1) is 6.92 Å². The van der Waals surface area contributed by atoms with Gasteiger partial charge in [0.2, 0.25) is 0 Å². The van der Waals surface area contributed by atoms with Crippen molar-refractivity contribution in [1.29, 1.82) is 0 Å². The second kappa shape index (κ2) is 7.25. The van der Waals surface area contributed by atoms with Crippen molar-refractivity contribution in [2.45, 2.75) is 39.0 Å². The maximum atomic E-state index is 10.2. The Hall–Kier alpha value is -1.84. The lowest BCUT2D eigenvalue weighted by atomic mass is 10.0. The van der Waals surface area contributed by atoms with E-state index in [0.29, 0.717) is 18.7 Å². The van der Waals surface area contributed by atoms with E-state index >= 15 is 0 Å². The number of rotatable bonds is 6. The number of benzene rings is 2. The number of aliphatic hydroxyl groups is 1. The van der Waals surface area contributed by atoms with Crippen molar-refractivity contribution in [1.82, 2.24) is 5.32 Å². The zero-order chi connectivity index (χ0) is 15.2. The number of phenols is 1. The first-order valence-corrected chi connectivity index (χ1v) is 7.30. The first-order valence-electron chi connectivity index (χ1n) is 7.30. The summed E-state index contributed by atoms with van der Waals surface area (Å²) in [5, 5.41) is 23.5. The number of hydrogen-bond donors (Lipinski definition) is 3. The van der Waals surface area contributed by atoms with E-state index in [1.807, 2.05) is 62.4 Å². The minimum absolute atomic E-state index is 0.0508. The lowest BCUT2D eigenvalue weighted by molar-refractivity contribution is 0.134. The molecule has 2 aromatic carbocycles. The number of phenolic OH excluding ortho intramolecular Hbond substituents is 1. The molecule has 0 aliphatic rings. The molecule has 3 N–H and O–H groups in total. The molecule has 0 radical (unpaired) electrons. The van der Waals surface area contributed by atoms with Crippen molar-refractivity contribution in [2.75, 3.05) is 0 Å². The van der Waals surface area contributed by atoms with Gasteiger partial charge in [0.15, 0.2) is 0 Å². The molecule has 2 atom stereocenters. The molecule has 0 saturated carbocycles. The molecule has 0 heterocycles. The Morgan fingerprint density at radius 3 is 2.48 bits per heavy atom. The molecule has 3 nitrogen and oxygen atoms in total. The Morgan fingerprint density at radius 2 is 1.76 bits per heavy atom. The maximum Gasteiger partial charge on any atom is 0.122 e. The molecule has 0 fully saturated rings. The topological polar surface area (TPSA) is 52.5 Å². The van der Waals surface area contributed by atoms with E-state index in [0.717, 1.165) is 16.7 Å². The van der Waals surface area contributed by atoms with Gasteiger partial charge in [-0.3, -0.25) is 0 Å². The van der Waals surface area contributed by atoms with E-state index in [1.165, 1.54) is 0 Å². The summed E-state index contributed by atoms with van der Waals surface area (Å²) in [5.41, 5.74) is 2.85. The second-order valence-electron chi connectivity index (χ2n) is 5.51. The molecule has 112 valence electrons. The zero-order valence-electron chi connectivity index (χ0n) is 12.6. The van der Waals surface area contributed by atoms with Crippen LogP contribution in [0.5, 0.6) is 5.75 Å². The normalized spacial score (nSPS) is 13.9. The van der Waals surface area contributed by atoms with Gasteiger partial charge >= 0.3 is 0 Å². The van der Waals surface area contributed by atoms with Crippen molar-refractivity contribution in [3.63, 3.8) is 0 Å². The number of nitrogens with one attached hydrogen (secondary N) is 1. The summed E-state index contributed by atoms with van der Waals surface area (Å²) in [5.74, 6) is 0.328. The quantitative estimate of drug-likeness (QED) is 0.765. The molecule has 2 rings (SSSR count). The monoisotopic (exact) mass is 285 g/mol. The highest BCUT2D eigenvalue weighted by atomic mass is 16.3. The van der Waals surface area contributed by atoms with Crippen LogP contribution in [0.2, 0.25) is 0 Å². The van der Waals surface area contributed by atoms with Crippen LogP contribution >= 0.6 is 0 Å². The Bertz CT molecular complexity index is 569. The largest absolute Gasteiger partial charge is 0.507 e. The van der Waals surface area contributed by atoms with E-state index in [9.17, 15) is 10.2 Å². The third kappa shape index (κ3) is 4.31. The van der Waals surface area contributed by atoms with Gasteiger partial charge in [-0.25, -0.2) is 0 Å². The summed E-state index contributed by atoms with van der Waals surface area (Å²) in [6.07, 6.45) is 0.161. The molecule has 0 amide bonds. The molecular weight excluding hydrogens is 262 g/mol. The van der Waals surface area contributed by atoms with E-state index in [4.69, 9.17) is 0 Å². The number of hydrogen-bond acceptors (Lipinski definition) is 3. The van der Waals surface area contributed by atoms with Crippen molar-refractivity contribution in [3.05, 3.63) is 65.2 Å². The highest BCUT2D eigenvalue weighted by Crippen LogP contribution is 2.21. The van der Waals surface area contributed by atoms with Crippen LogP contribution in [-0.2, 0) is 13.0 Å². The van der Waals surface area contributed by atoms with Crippen LogP contribution in [-0.4, -0.2) is 22.4 Å². The molecule has 0 saturated heterocycles. The van der Waals surface area contributed by atoms with Gasteiger partial charge < -0.3 is 15.5 Å². The van der Waals surface area contributed by atoms with Crippen molar-refractivity contribution < 1.29 is 10.2 Å². The number of aryl methyl sites for hydroxylation is 1. The zero-order valence-corrected chi connectivity index (χ0v) is 12.6. The first kappa shape index (κ1) is 15.5. The van der Waals surface area contributed by atoms with Crippen LogP contribution in [0.3, 0.4) is 0 Å². The first-order chi connectivity index (χ1) is 10.1. The summed E-state index contributed by atoms with van der Waals surface area (Å²) in [4.78, 5) is 0. The van der Waals surface area contributed by atoms with E-state index in [-0.39, 0.29) is 6.04 Å². The van der Waals surface area contributed by atoms with E-state index < -0.39 is 6.10 Å². The molecule has 0 aliphatic heterocycles. The molecule has 3 heteroatoms. The van der Waals surface area contributed by atoms with Gasteiger partial charge in [0.25, 0.3) is 0 Å². The van der Waals surface area contributed by atoms with Gasteiger partial charge in [-0.15, -0.1) is 0 Å². The standard InChI is InChI=1S/C18H23NO2/c1-13-7-6-10-16(18(13)21)12-19-14(2)17(20)11-15-8-4-3-5-9-15/h3-10,14,17,19-21H,11-12H2,1-2H3. The summed E-state index contributed by atoms with van der Waals surface area (Å²) in [6.45, 7) is 4.38. The summed E-state index contributed by atoms with van der Waals surface area (Å²) < 4.78 is 0. The fourth-order valence-corrected chi connectivity index (χ4v) is 2.30. The Kier molecular flexibility index (Phi) is 5.37. The molecule has 0 spiro atoms.